The van der Waals surface area contributed by atoms with E-state index in [1.165, 1.54) is 12.0 Å². The maximum Gasteiger partial charge on any atom is 0.0743 e. The number of anilines is 1. The molecule has 1 aromatic rings. The van der Waals surface area contributed by atoms with Crippen molar-refractivity contribution in [3.8, 4) is 0 Å². The highest BCUT2D eigenvalue weighted by Crippen LogP contribution is 2.32. The molecule has 0 amide bonds. The van der Waals surface area contributed by atoms with E-state index in [9.17, 15) is 5.11 Å². The molecule has 2 unspecified atom stereocenters. The number of hydrogen-bond donors (Lipinski definition) is 2. The maximum atomic E-state index is 10.2. The summed E-state index contributed by atoms with van der Waals surface area (Å²) in [6.45, 7) is 3.99. The summed E-state index contributed by atoms with van der Waals surface area (Å²) < 4.78 is 1.10. The Morgan fingerprint density at radius 2 is 2.10 bits per heavy atom. The first-order chi connectivity index (χ1) is 9.63. The van der Waals surface area contributed by atoms with Gasteiger partial charge in [0.2, 0.25) is 0 Å². The van der Waals surface area contributed by atoms with Crippen LogP contribution in [-0.4, -0.2) is 30.8 Å². The van der Waals surface area contributed by atoms with Gasteiger partial charge in [-0.2, -0.15) is 0 Å². The van der Waals surface area contributed by atoms with Gasteiger partial charge in [0.05, 0.1) is 17.8 Å². The Kier molecular flexibility index (Phi) is 5.87. The lowest BCUT2D eigenvalue weighted by molar-refractivity contribution is 0.106. The third-order valence-electron chi connectivity index (χ3n) is 4.16. The van der Waals surface area contributed by atoms with Crippen molar-refractivity contribution in [3.05, 3.63) is 28.2 Å². The van der Waals surface area contributed by atoms with Crippen molar-refractivity contribution >= 4 is 21.6 Å². The lowest BCUT2D eigenvalue weighted by atomic mass is 9.91. The number of nitrogens with zero attached hydrogens (tertiary/aromatic N) is 1. The smallest absolute Gasteiger partial charge is 0.0743 e. The largest absolute Gasteiger partial charge is 0.391 e. The third-order valence-corrected chi connectivity index (χ3v) is 4.80. The predicted octanol–water partition coefficient (Wildman–Crippen LogP) is 3.30. The minimum atomic E-state index is -0.206. The van der Waals surface area contributed by atoms with Gasteiger partial charge in [-0.15, -0.1) is 0 Å². The molecule has 1 saturated carbocycles. The molecule has 0 aromatic heterocycles. The van der Waals surface area contributed by atoms with Gasteiger partial charge in [-0.1, -0.05) is 25.8 Å². The van der Waals surface area contributed by atoms with Crippen LogP contribution in [0, 0.1) is 0 Å². The van der Waals surface area contributed by atoms with Crippen LogP contribution in [0.4, 0.5) is 5.69 Å². The molecule has 2 rings (SSSR count). The zero-order chi connectivity index (χ0) is 14.5. The molecule has 0 heterocycles. The Hall–Kier alpha value is -0.580. The van der Waals surface area contributed by atoms with Crippen LogP contribution in [0.5, 0.6) is 0 Å². The topological polar surface area (TPSA) is 35.5 Å². The number of likely N-dealkylation sites (N-methyl/N-ethyl adjacent to an activating group) is 1. The standard InChI is InChI=1S/C16H25BrN2O/c1-3-18-11-12-8-9-14(13(17)10-12)19(2)15-6-4-5-7-16(15)20/h8-10,15-16,18,20H,3-7,11H2,1-2H3. The van der Waals surface area contributed by atoms with Crippen LogP contribution in [0.25, 0.3) is 0 Å². The fraction of sp³-hybridized carbons (Fsp3) is 0.625. The summed E-state index contributed by atoms with van der Waals surface area (Å²) in [7, 11) is 2.09. The number of rotatable bonds is 5. The summed E-state index contributed by atoms with van der Waals surface area (Å²) in [5, 5.41) is 13.5. The number of aliphatic hydroxyl groups excluding tert-OH is 1. The lowest BCUT2D eigenvalue weighted by Gasteiger charge is -2.37. The van der Waals surface area contributed by atoms with Crippen LogP contribution < -0.4 is 10.2 Å². The summed E-state index contributed by atoms with van der Waals surface area (Å²) in [5.74, 6) is 0. The Balaban J connectivity index is 2.11. The van der Waals surface area contributed by atoms with Crippen LogP contribution in [0.15, 0.2) is 22.7 Å². The predicted molar refractivity (Wildman–Crippen MR) is 88.2 cm³/mol. The van der Waals surface area contributed by atoms with Gasteiger partial charge in [-0.3, -0.25) is 0 Å². The monoisotopic (exact) mass is 340 g/mol. The molecule has 0 aliphatic heterocycles. The van der Waals surface area contributed by atoms with Crippen LogP contribution in [-0.2, 0) is 6.54 Å². The Labute approximate surface area is 130 Å². The molecule has 1 aliphatic carbocycles. The van der Waals surface area contributed by atoms with Gasteiger partial charge in [0.1, 0.15) is 0 Å². The van der Waals surface area contributed by atoms with E-state index in [0.29, 0.717) is 0 Å². The highest BCUT2D eigenvalue weighted by Gasteiger charge is 2.27. The Morgan fingerprint density at radius 1 is 1.35 bits per heavy atom. The molecule has 20 heavy (non-hydrogen) atoms. The molecule has 2 atom stereocenters. The van der Waals surface area contributed by atoms with Gasteiger partial charge < -0.3 is 15.3 Å². The van der Waals surface area contributed by atoms with E-state index in [0.717, 1.165) is 42.5 Å². The zero-order valence-electron chi connectivity index (χ0n) is 12.4. The van der Waals surface area contributed by atoms with Gasteiger partial charge in [0.15, 0.2) is 0 Å². The van der Waals surface area contributed by atoms with E-state index in [2.05, 4.69) is 58.3 Å². The number of benzene rings is 1. The van der Waals surface area contributed by atoms with E-state index < -0.39 is 0 Å². The van der Waals surface area contributed by atoms with Crippen molar-refractivity contribution in [2.45, 2.75) is 51.3 Å². The van der Waals surface area contributed by atoms with E-state index in [1.807, 2.05) is 0 Å². The average Bonchev–Trinajstić information content (AvgIpc) is 2.45. The van der Waals surface area contributed by atoms with Gasteiger partial charge in [0, 0.05) is 18.1 Å². The molecule has 0 spiro atoms. The van der Waals surface area contributed by atoms with Crippen LogP contribution in [0.1, 0.15) is 38.2 Å². The molecule has 1 fully saturated rings. The quantitative estimate of drug-likeness (QED) is 0.863. The van der Waals surface area contributed by atoms with Gasteiger partial charge in [-0.25, -0.2) is 0 Å². The molecule has 2 N–H and O–H groups in total. The normalized spacial score (nSPS) is 22.8. The second-order valence-corrected chi connectivity index (χ2v) is 6.45. The molecule has 3 nitrogen and oxygen atoms in total. The number of halogens is 1. The first-order valence-electron chi connectivity index (χ1n) is 7.53. The van der Waals surface area contributed by atoms with Crippen LogP contribution in [0.2, 0.25) is 0 Å². The van der Waals surface area contributed by atoms with Crippen molar-refractivity contribution in [2.75, 3.05) is 18.5 Å². The molecule has 0 saturated heterocycles. The Morgan fingerprint density at radius 3 is 2.75 bits per heavy atom. The van der Waals surface area contributed by atoms with Crippen molar-refractivity contribution in [1.29, 1.82) is 0 Å². The summed E-state index contributed by atoms with van der Waals surface area (Å²) >= 11 is 3.68. The lowest BCUT2D eigenvalue weighted by Crippen LogP contribution is -2.43. The third kappa shape index (κ3) is 3.74. The van der Waals surface area contributed by atoms with Gasteiger partial charge in [-0.05, 0) is 53.0 Å². The molecule has 0 radical (unpaired) electrons. The maximum absolute atomic E-state index is 10.2. The van der Waals surface area contributed by atoms with Crippen molar-refractivity contribution in [2.24, 2.45) is 0 Å². The Bertz CT molecular complexity index is 438. The van der Waals surface area contributed by atoms with Gasteiger partial charge >= 0.3 is 0 Å². The summed E-state index contributed by atoms with van der Waals surface area (Å²) in [6.07, 6.45) is 4.15. The van der Waals surface area contributed by atoms with Crippen molar-refractivity contribution in [1.82, 2.24) is 5.32 Å². The highest BCUT2D eigenvalue weighted by molar-refractivity contribution is 9.10. The SMILES string of the molecule is CCNCc1ccc(N(C)C2CCCCC2O)c(Br)c1. The average molecular weight is 341 g/mol. The number of aliphatic hydroxyl groups is 1. The minimum absolute atomic E-state index is 0.206. The van der Waals surface area contributed by atoms with E-state index in [4.69, 9.17) is 0 Å². The molecule has 4 heteroatoms. The summed E-state index contributed by atoms with van der Waals surface area (Å²) in [6, 6.07) is 6.72. The molecular weight excluding hydrogens is 316 g/mol. The van der Waals surface area contributed by atoms with Crippen LogP contribution in [0.3, 0.4) is 0 Å². The van der Waals surface area contributed by atoms with Crippen molar-refractivity contribution < 1.29 is 5.11 Å². The van der Waals surface area contributed by atoms with Crippen LogP contribution >= 0.6 is 15.9 Å². The molecule has 112 valence electrons. The summed E-state index contributed by atoms with van der Waals surface area (Å²) in [5.41, 5.74) is 2.44. The fourth-order valence-corrected chi connectivity index (χ4v) is 3.64. The second-order valence-electron chi connectivity index (χ2n) is 5.60. The summed E-state index contributed by atoms with van der Waals surface area (Å²) in [4.78, 5) is 2.23. The van der Waals surface area contributed by atoms with Crippen molar-refractivity contribution in [3.63, 3.8) is 0 Å². The number of hydrogen-bond acceptors (Lipinski definition) is 3. The van der Waals surface area contributed by atoms with E-state index in [1.54, 1.807) is 0 Å². The van der Waals surface area contributed by atoms with E-state index in [-0.39, 0.29) is 12.1 Å². The highest BCUT2D eigenvalue weighted by atomic mass is 79.9. The number of nitrogens with one attached hydrogen (secondary N) is 1. The zero-order valence-corrected chi connectivity index (χ0v) is 14.0. The van der Waals surface area contributed by atoms with E-state index >= 15 is 0 Å². The first-order valence-corrected chi connectivity index (χ1v) is 8.32. The minimum Gasteiger partial charge on any atom is -0.391 e. The molecular formula is C16H25BrN2O. The fourth-order valence-electron chi connectivity index (χ4n) is 2.94. The first kappa shape index (κ1) is 15.8. The second kappa shape index (κ2) is 7.43. The molecule has 1 aromatic carbocycles. The molecule has 1 aliphatic rings. The molecule has 0 bridgehead atoms. The van der Waals surface area contributed by atoms with Gasteiger partial charge in [0.25, 0.3) is 0 Å².